The first-order valence-electron chi connectivity index (χ1n) is 13.0. The number of benzene rings is 3. The molecule has 0 aliphatic carbocycles. The van der Waals surface area contributed by atoms with E-state index < -0.39 is 0 Å². The van der Waals surface area contributed by atoms with Crippen molar-refractivity contribution in [2.24, 2.45) is 5.41 Å². The zero-order valence-corrected chi connectivity index (χ0v) is 21.5. The lowest BCUT2D eigenvalue weighted by molar-refractivity contribution is -0.129. The maximum atomic E-state index is 13.0. The molecule has 37 heavy (non-hydrogen) atoms. The fourth-order valence-corrected chi connectivity index (χ4v) is 5.52. The third-order valence-electron chi connectivity index (χ3n) is 8.10. The molecule has 7 nitrogen and oxygen atoms in total. The van der Waals surface area contributed by atoms with Gasteiger partial charge in [0.15, 0.2) is 0 Å². The molecular formula is C30H34N4O3. The van der Waals surface area contributed by atoms with Crippen molar-refractivity contribution in [3.8, 4) is 0 Å². The normalized spacial score (nSPS) is 16.7. The maximum Gasteiger partial charge on any atom is 0.321 e. The molecule has 2 aliphatic heterocycles. The van der Waals surface area contributed by atoms with Crippen molar-refractivity contribution < 1.29 is 14.4 Å². The Labute approximate surface area is 217 Å². The van der Waals surface area contributed by atoms with Crippen molar-refractivity contribution in [1.82, 2.24) is 15.1 Å². The molecule has 2 fully saturated rings. The first kappa shape index (κ1) is 24.8. The number of urea groups is 1. The highest BCUT2D eigenvalue weighted by Gasteiger charge is 2.42. The molecule has 7 heteroatoms. The Morgan fingerprint density at radius 3 is 2.30 bits per heavy atom. The van der Waals surface area contributed by atoms with Crippen molar-refractivity contribution in [3.05, 3.63) is 77.4 Å². The van der Waals surface area contributed by atoms with Gasteiger partial charge in [0.2, 0.25) is 5.91 Å². The minimum atomic E-state index is -0.226. The Balaban J connectivity index is 1.11. The lowest BCUT2D eigenvalue weighted by atomic mass is 9.78. The summed E-state index contributed by atoms with van der Waals surface area (Å²) in [6.07, 6.45) is 2.67. The van der Waals surface area contributed by atoms with E-state index in [1.54, 1.807) is 6.07 Å². The van der Waals surface area contributed by atoms with Gasteiger partial charge in [0.1, 0.15) is 0 Å². The third-order valence-corrected chi connectivity index (χ3v) is 8.10. The number of carbonyl (C=O) groups excluding carboxylic acids is 3. The number of piperidine rings is 1. The quantitative estimate of drug-likeness (QED) is 0.546. The standard InChI is InChI=1S/C30H34N4O3/c1-21-10-11-24(18-22(21)2)28(36)31-19-27(35)34-17-14-30(20-34)12-15-33(16-13-30)29(37)32-26-9-5-7-23-6-3-4-8-25(23)26/h3-11,18H,12-17,19-20H2,1-2H3,(H,31,36)(H,32,37). The molecule has 192 valence electrons. The van der Waals surface area contributed by atoms with Gasteiger partial charge in [-0.15, -0.1) is 0 Å². The summed E-state index contributed by atoms with van der Waals surface area (Å²) in [5.74, 6) is -0.277. The molecule has 0 saturated carbocycles. The molecular weight excluding hydrogens is 464 g/mol. The second-order valence-corrected chi connectivity index (χ2v) is 10.5. The van der Waals surface area contributed by atoms with E-state index >= 15 is 0 Å². The summed E-state index contributed by atoms with van der Waals surface area (Å²) in [5.41, 5.74) is 3.63. The number of nitrogens with one attached hydrogen (secondary N) is 2. The average molecular weight is 499 g/mol. The van der Waals surface area contributed by atoms with Gasteiger partial charge in [-0.2, -0.15) is 0 Å². The first-order valence-corrected chi connectivity index (χ1v) is 13.0. The van der Waals surface area contributed by atoms with Gasteiger partial charge < -0.3 is 20.4 Å². The largest absolute Gasteiger partial charge is 0.343 e. The van der Waals surface area contributed by atoms with Gasteiger partial charge in [-0.1, -0.05) is 42.5 Å². The Bertz CT molecular complexity index is 1340. The fourth-order valence-electron chi connectivity index (χ4n) is 5.52. The first-order chi connectivity index (χ1) is 17.8. The summed E-state index contributed by atoms with van der Waals surface area (Å²) in [6, 6.07) is 19.4. The summed E-state index contributed by atoms with van der Waals surface area (Å²) in [6.45, 7) is 6.70. The highest BCUT2D eigenvalue weighted by atomic mass is 16.2. The number of carbonyl (C=O) groups is 3. The predicted molar refractivity (Wildman–Crippen MR) is 146 cm³/mol. The molecule has 0 aromatic heterocycles. The number of likely N-dealkylation sites (tertiary alicyclic amines) is 2. The molecule has 0 bridgehead atoms. The number of rotatable bonds is 4. The van der Waals surface area contributed by atoms with E-state index in [2.05, 4.69) is 10.6 Å². The SMILES string of the molecule is Cc1ccc(C(=O)NCC(=O)N2CCC3(CCN(C(=O)Nc4cccc5ccccc45)CC3)C2)cc1C. The highest BCUT2D eigenvalue weighted by Crippen LogP contribution is 2.40. The molecule has 2 aliphatic rings. The summed E-state index contributed by atoms with van der Waals surface area (Å²) in [4.78, 5) is 42.1. The Kier molecular flexibility index (Phi) is 6.87. The molecule has 1 spiro atoms. The molecule has 4 amide bonds. The van der Waals surface area contributed by atoms with Crippen LogP contribution in [0.1, 0.15) is 40.7 Å². The second-order valence-electron chi connectivity index (χ2n) is 10.5. The van der Waals surface area contributed by atoms with Crippen LogP contribution in [-0.4, -0.2) is 60.4 Å². The van der Waals surface area contributed by atoms with E-state index in [4.69, 9.17) is 0 Å². The van der Waals surface area contributed by atoms with Crippen LogP contribution in [0.25, 0.3) is 10.8 Å². The summed E-state index contributed by atoms with van der Waals surface area (Å²) in [7, 11) is 0. The molecule has 0 radical (unpaired) electrons. The second kappa shape index (κ2) is 10.2. The van der Waals surface area contributed by atoms with Crippen molar-refractivity contribution in [2.75, 3.05) is 38.0 Å². The summed E-state index contributed by atoms with van der Waals surface area (Å²) >= 11 is 0. The number of fused-ring (bicyclic) bond motifs is 1. The van der Waals surface area contributed by atoms with Gasteiger partial charge in [-0.3, -0.25) is 9.59 Å². The monoisotopic (exact) mass is 498 g/mol. The van der Waals surface area contributed by atoms with Crippen LogP contribution in [0, 0.1) is 19.3 Å². The van der Waals surface area contributed by atoms with E-state index in [0.29, 0.717) is 31.7 Å². The molecule has 0 atom stereocenters. The van der Waals surface area contributed by atoms with Crippen LogP contribution in [0.2, 0.25) is 0 Å². The molecule has 3 aromatic rings. The minimum Gasteiger partial charge on any atom is -0.343 e. The topological polar surface area (TPSA) is 81.8 Å². The van der Waals surface area contributed by atoms with E-state index in [0.717, 1.165) is 46.8 Å². The molecule has 2 N–H and O–H groups in total. The van der Waals surface area contributed by atoms with Crippen molar-refractivity contribution >= 4 is 34.3 Å². The fraction of sp³-hybridized carbons (Fsp3) is 0.367. The maximum absolute atomic E-state index is 13.0. The van der Waals surface area contributed by atoms with Gasteiger partial charge in [-0.25, -0.2) is 4.79 Å². The molecule has 2 saturated heterocycles. The van der Waals surface area contributed by atoms with E-state index in [-0.39, 0.29) is 29.8 Å². The number of anilines is 1. The zero-order valence-electron chi connectivity index (χ0n) is 21.5. The average Bonchev–Trinajstić information content (AvgIpc) is 3.32. The molecule has 2 heterocycles. The summed E-state index contributed by atoms with van der Waals surface area (Å²) in [5, 5.41) is 8.00. The van der Waals surface area contributed by atoms with Gasteiger partial charge >= 0.3 is 6.03 Å². The van der Waals surface area contributed by atoms with Crippen LogP contribution in [-0.2, 0) is 4.79 Å². The Hall–Kier alpha value is -3.87. The van der Waals surface area contributed by atoms with E-state index in [9.17, 15) is 14.4 Å². The third kappa shape index (κ3) is 5.31. The van der Waals surface area contributed by atoms with Gasteiger partial charge in [0.05, 0.1) is 12.2 Å². The van der Waals surface area contributed by atoms with E-state index in [1.165, 1.54) is 0 Å². The van der Waals surface area contributed by atoms with Gasteiger partial charge in [0.25, 0.3) is 5.91 Å². The Morgan fingerprint density at radius 1 is 0.838 bits per heavy atom. The lowest BCUT2D eigenvalue weighted by Crippen LogP contribution is -2.46. The van der Waals surface area contributed by atoms with Crippen molar-refractivity contribution in [1.29, 1.82) is 0 Å². The molecule has 5 rings (SSSR count). The lowest BCUT2D eigenvalue weighted by Gasteiger charge is -2.39. The van der Waals surface area contributed by atoms with Gasteiger partial charge in [-0.05, 0) is 73.2 Å². The smallest absolute Gasteiger partial charge is 0.321 e. The van der Waals surface area contributed by atoms with Crippen LogP contribution in [0.4, 0.5) is 10.5 Å². The number of hydrogen-bond donors (Lipinski definition) is 2. The van der Waals surface area contributed by atoms with Crippen LogP contribution < -0.4 is 10.6 Å². The van der Waals surface area contributed by atoms with Crippen LogP contribution >= 0.6 is 0 Å². The minimum absolute atomic E-state index is 0.00139. The van der Waals surface area contributed by atoms with Crippen molar-refractivity contribution in [3.63, 3.8) is 0 Å². The highest BCUT2D eigenvalue weighted by molar-refractivity contribution is 6.01. The Morgan fingerprint density at radius 2 is 1.54 bits per heavy atom. The molecule has 0 unspecified atom stereocenters. The van der Waals surface area contributed by atoms with Crippen LogP contribution in [0.3, 0.4) is 0 Å². The van der Waals surface area contributed by atoms with Crippen LogP contribution in [0.15, 0.2) is 60.7 Å². The van der Waals surface area contributed by atoms with Crippen molar-refractivity contribution in [2.45, 2.75) is 33.1 Å². The number of hydrogen-bond acceptors (Lipinski definition) is 3. The molecule has 3 aromatic carbocycles. The van der Waals surface area contributed by atoms with Crippen LogP contribution in [0.5, 0.6) is 0 Å². The predicted octanol–water partition coefficient (Wildman–Crippen LogP) is 4.73. The number of aryl methyl sites for hydroxylation is 2. The number of nitrogens with zero attached hydrogens (tertiary/aromatic N) is 2. The zero-order chi connectivity index (χ0) is 26.0. The summed E-state index contributed by atoms with van der Waals surface area (Å²) < 4.78 is 0. The van der Waals surface area contributed by atoms with E-state index in [1.807, 2.05) is 78.2 Å². The number of amides is 4. The van der Waals surface area contributed by atoms with Gasteiger partial charge in [0, 0.05) is 37.1 Å².